The summed E-state index contributed by atoms with van der Waals surface area (Å²) < 4.78 is 40.5. The van der Waals surface area contributed by atoms with E-state index in [1.54, 1.807) is 14.0 Å². The largest absolute Gasteiger partial charge is 0.501 e. The zero-order valence-corrected chi connectivity index (χ0v) is 36.1. The predicted molar refractivity (Wildman–Crippen MR) is 224 cm³/mol. The van der Waals surface area contributed by atoms with E-state index in [1.165, 1.54) is 11.0 Å². The van der Waals surface area contributed by atoms with Crippen molar-refractivity contribution in [1.29, 1.82) is 0 Å². The first-order chi connectivity index (χ1) is 28.0. The summed E-state index contributed by atoms with van der Waals surface area (Å²) in [6, 6.07) is 7.56. The number of hydrogen-bond acceptors (Lipinski definition) is 9. The lowest BCUT2D eigenvalue weighted by molar-refractivity contribution is -0.148. The third-order valence-corrected chi connectivity index (χ3v) is 15.1. The van der Waals surface area contributed by atoms with Gasteiger partial charge in [0.1, 0.15) is 23.9 Å². The number of nitrogens with one attached hydrogen (secondary N) is 2. The van der Waals surface area contributed by atoms with E-state index in [4.69, 9.17) is 14.5 Å². The van der Waals surface area contributed by atoms with Gasteiger partial charge in [-0.25, -0.2) is 8.42 Å². The van der Waals surface area contributed by atoms with E-state index in [1.807, 2.05) is 62.1 Å². The molecule has 4 amide bonds. The van der Waals surface area contributed by atoms with Gasteiger partial charge in [-0.2, -0.15) is 0 Å². The number of carbonyl (C=O) groups excluding carboxylic acids is 4. The van der Waals surface area contributed by atoms with Crippen molar-refractivity contribution >= 4 is 39.4 Å². The van der Waals surface area contributed by atoms with Gasteiger partial charge in [0, 0.05) is 50.3 Å². The van der Waals surface area contributed by atoms with Crippen LogP contribution in [0.15, 0.2) is 71.6 Å². The molecule has 13 nitrogen and oxygen atoms in total. The number of dihydropyridines is 1. The molecule has 14 heteroatoms. The van der Waals surface area contributed by atoms with Crippen LogP contribution in [0.3, 0.4) is 0 Å². The molecule has 3 aliphatic carbocycles. The first-order valence-electron chi connectivity index (χ1n) is 21.3. The number of piperidine rings is 1. The van der Waals surface area contributed by atoms with Crippen LogP contribution in [0.5, 0.6) is 0 Å². The Hall–Kier alpha value is -4.46. The highest BCUT2D eigenvalue weighted by molar-refractivity contribution is 7.90. The summed E-state index contributed by atoms with van der Waals surface area (Å²) in [4.78, 5) is 65.4. The third kappa shape index (κ3) is 8.74. The van der Waals surface area contributed by atoms with Crippen LogP contribution in [0.4, 0.5) is 0 Å². The molecule has 2 saturated carbocycles. The second-order valence-electron chi connectivity index (χ2n) is 18.6. The number of nitrogens with zero attached hydrogens (tertiary/aromatic N) is 3. The molecule has 3 heterocycles. The van der Waals surface area contributed by atoms with E-state index in [9.17, 15) is 27.6 Å². The summed E-state index contributed by atoms with van der Waals surface area (Å²) in [5.41, 5.74) is 0.536. The summed E-state index contributed by atoms with van der Waals surface area (Å²) >= 11 is 0. The molecule has 9 atom stereocenters. The van der Waals surface area contributed by atoms with Gasteiger partial charge in [-0.3, -0.25) is 28.9 Å². The number of sulfonamides is 1. The average Bonchev–Trinajstić information content (AvgIpc) is 4.13. The van der Waals surface area contributed by atoms with Gasteiger partial charge in [0.2, 0.25) is 27.7 Å². The fourth-order valence-electron chi connectivity index (χ4n) is 9.67. The monoisotopic (exact) mass is 831 g/mol. The van der Waals surface area contributed by atoms with Crippen molar-refractivity contribution in [1.82, 2.24) is 19.8 Å². The molecule has 2 saturated heterocycles. The number of benzene rings is 1. The van der Waals surface area contributed by atoms with Crippen molar-refractivity contribution in [2.24, 2.45) is 40.0 Å². The Morgan fingerprint density at radius 2 is 1.78 bits per heavy atom. The molecule has 1 spiro atoms. The van der Waals surface area contributed by atoms with Gasteiger partial charge < -0.3 is 24.6 Å². The van der Waals surface area contributed by atoms with Gasteiger partial charge in [-0.1, -0.05) is 71.0 Å². The van der Waals surface area contributed by atoms with Crippen molar-refractivity contribution in [3.05, 3.63) is 72.2 Å². The van der Waals surface area contributed by atoms with Crippen molar-refractivity contribution in [2.45, 2.75) is 115 Å². The standard InChI is InChI=1S/C45H61N5O8S/c1-8-27(2)40(42(53)48-59(55,56)32-17-18-32)46-41(52)35-22-31(26-50(35)43(54)33(44(4,5)6)23-37(51)49-19-13-10-14-20-49)58-36-24-34(29-15-11-9-12-16-29)47-45-25-30(57-7)21-28(3)38(45)39(36)45/h8-9,11-12,15-16,24-25,27-28,31-33,35,38-40H,1,10,13-14,17-23,26H2,2-7H3,(H,46,52)(H,48,53)/t27?,28?,31?,33?,35-,38?,39?,40+,45?/m0/s1. The lowest BCUT2D eigenvalue weighted by Gasteiger charge is -2.36. The van der Waals surface area contributed by atoms with Crippen molar-refractivity contribution in [3.8, 4) is 0 Å². The number of amides is 4. The van der Waals surface area contributed by atoms with Crippen molar-refractivity contribution < 1.29 is 37.1 Å². The molecule has 0 radical (unpaired) electrons. The van der Waals surface area contributed by atoms with E-state index >= 15 is 0 Å². The Kier molecular flexibility index (Phi) is 12.0. The molecule has 7 rings (SSSR count). The highest BCUT2D eigenvalue weighted by atomic mass is 32.2. The van der Waals surface area contributed by atoms with Gasteiger partial charge in [0.25, 0.3) is 5.91 Å². The van der Waals surface area contributed by atoms with Crippen LogP contribution in [0.25, 0.3) is 0 Å². The number of carbonyl (C=O) groups is 4. The Morgan fingerprint density at radius 1 is 1.08 bits per heavy atom. The highest BCUT2D eigenvalue weighted by Crippen LogP contribution is 2.67. The van der Waals surface area contributed by atoms with Crippen molar-refractivity contribution in [2.75, 3.05) is 26.7 Å². The smallest absolute Gasteiger partial charge is 0.256 e. The quantitative estimate of drug-likeness (QED) is 0.251. The van der Waals surface area contributed by atoms with Crippen LogP contribution in [-0.2, 0) is 38.7 Å². The molecule has 4 fully saturated rings. The van der Waals surface area contributed by atoms with Gasteiger partial charge in [0.15, 0.2) is 0 Å². The zero-order chi connectivity index (χ0) is 42.4. The number of aliphatic imine (C=N–C) groups is 1. The second-order valence-corrected chi connectivity index (χ2v) is 20.6. The Balaban J connectivity index is 1.20. The first kappa shape index (κ1) is 42.7. The van der Waals surface area contributed by atoms with E-state index in [2.05, 4.69) is 29.6 Å². The van der Waals surface area contributed by atoms with Crippen LogP contribution in [0.1, 0.15) is 91.5 Å². The maximum atomic E-state index is 15.0. The number of methoxy groups -OCH3 is 1. The van der Waals surface area contributed by atoms with Crippen LogP contribution in [0.2, 0.25) is 0 Å². The number of allylic oxidation sites excluding steroid dienone is 2. The molecule has 6 aliphatic rings. The predicted octanol–water partition coefficient (Wildman–Crippen LogP) is 4.89. The maximum absolute atomic E-state index is 15.0. The van der Waals surface area contributed by atoms with Gasteiger partial charge >= 0.3 is 0 Å². The maximum Gasteiger partial charge on any atom is 0.256 e. The SMILES string of the molecule is C=CC(C)[C@@H](NC(=O)[C@@H]1CC(OC2=CC(c3ccccc3)=NC34C=C(OC)CC(C)C3C24)CN1C(=O)C(CC(=O)N1CCCCC1)C(C)(C)C)C(=O)NS(=O)(=O)C1CC1. The Labute approximate surface area is 349 Å². The van der Waals surface area contributed by atoms with Crippen molar-refractivity contribution in [3.63, 3.8) is 0 Å². The molecular weight excluding hydrogens is 771 g/mol. The Bertz CT molecular complexity index is 2030. The lowest BCUT2D eigenvalue weighted by atomic mass is 9.77. The molecule has 320 valence electrons. The molecule has 3 aliphatic heterocycles. The molecular formula is C45H61N5O8S. The van der Waals surface area contributed by atoms with Gasteiger partial charge in [0.05, 0.1) is 47.8 Å². The first-order valence-corrected chi connectivity index (χ1v) is 22.9. The fourth-order valence-corrected chi connectivity index (χ4v) is 11.0. The zero-order valence-electron chi connectivity index (χ0n) is 35.3. The topological polar surface area (TPSA) is 164 Å². The Morgan fingerprint density at radius 3 is 2.41 bits per heavy atom. The molecule has 59 heavy (non-hydrogen) atoms. The lowest BCUT2D eigenvalue weighted by Crippen LogP contribution is -2.57. The molecule has 0 bridgehead atoms. The van der Waals surface area contributed by atoms with E-state index in [-0.39, 0.29) is 49.0 Å². The number of hydrogen-bond donors (Lipinski definition) is 2. The second kappa shape index (κ2) is 16.5. The summed E-state index contributed by atoms with van der Waals surface area (Å²) in [5, 5.41) is 2.17. The minimum atomic E-state index is -3.90. The highest BCUT2D eigenvalue weighted by Gasteiger charge is 2.71. The minimum absolute atomic E-state index is 0.00334. The van der Waals surface area contributed by atoms with E-state index in [0.717, 1.165) is 48.5 Å². The third-order valence-electron chi connectivity index (χ3n) is 13.3. The molecule has 1 aromatic rings. The van der Waals surface area contributed by atoms with Crippen LogP contribution < -0.4 is 10.0 Å². The normalized spacial score (nSPS) is 29.3. The van der Waals surface area contributed by atoms with E-state index < -0.39 is 68.1 Å². The van der Waals surface area contributed by atoms with Crippen LogP contribution >= 0.6 is 0 Å². The summed E-state index contributed by atoms with van der Waals surface area (Å²) in [6.45, 7) is 14.8. The fraction of sp³-hybridized carbons (Fsp3) is 0.622. The van der Waals surface area contributed by atoms with Gasteiger partial charge in [-0.15, -0.1) is 6.58 Å². The molecule has 0 aromatic heterocycles. The summed E-state index contributed by atoms with van der Waals surface area (Å²) in [5.74, 6) is -1.30. The van der Waals surface area contributed by atoms with Crippen LogP contribution in [0, 0.1) is 35.0 Å². The number of fused-ring (bicyclic) bond motifs is 1. The molecule has 2 N–H and O–H groups in total. The van der Waals surface area contributed by atoms with Gasteiger partial charge in [-0.05, 0) is 55.1 Å². The summed E-state index contributed by atoms with van der Waals surface area (Å²) in [7, 11) is -2.22. The number of rotatable bonds is 14. The number of ether oxygens (including phenoxy) is 2. The minimum Gasteiger partial charge on any atom is -0.501 e. The number of likely N-dealkylation sites (tertiary alicyclic amines) is 2. The summed E-state index contributed by atoms with van der Waals surface area (Å²) in [6.07, 6.45) is 9.70. The average molecular weight is 832 g/mol. The molecule has 7 unspecified atom stereocenters. The van der Waals surface area contributed by atoms with E-state index in [0.29, 0.717) is 25.9 Å². The molecule has 1 aromatic carbocycles. The van der Waals surface area contributed by atoms with Crippen LogP contribution in [-0.4, -0.2) is 103 Å².